The Hall–Kier alpha value is -1.72. The van der Waals surface area contributed by atoms with Gasteiger partial charge in [0.05, 0.1) is 25.0 Å². The van der Waals surface area contributed by atoms with Gasteiger partial charge in [-0.15, -0.1) is 0 Å². The van der Waals surface area contributed by atoms with E-state index in [9.17, 15) is 13.6 Å². The van der Waals surface area contributed by atoms with Crippen molar-refractivity contribution >= 4 is 5.97 Å². The van der Waals surface area contributed by atoms with Crippen molar-refractivity contribution in [1.29, 1.82) is 0 Å². The predicted molar refractivity (Wildman–Crippen MR) is 56.4 cm³/mol. The molecule has 0 aliphatic rings. The van der Waals surface area contributed by atoms with Gasteiger partial charge in [0.1, 0.15) is 5.75 Å². The maximum atomic E-state index is 12.8. The third kappa shape index (κ3) is 2.89. The van der Waals surface area contributed by atoms with Gasteiger partial charge in [-0.1, -0.05) is 0 Å². The molecule has 0 atom stereocenters. The van der Waals surface area contributed by atoms with E-state index in [-0.39, 0.29) is 18.1 Å². The Balaban J connectivity index is 3.27. The first-order valence-electron chi connectivity index (χ1n) is 5.02. The van der Waals surface area contributed by atoms with Crippen molar-refractivity contribution in [3.05, 3.63) is 23.0 Å². The van der Waals surface area contributed by atoms with E-state index in [1.54, 1.807) is 13.8 Å². The van der Waals surface area contributed by atoms with Crippen LogP contribution in [0.15, 0.2) is 6.07 Å². The molecule has 0 radical (unpaired) electrons. The summed E-state index contributed by atoms with van der Waals surface area (Å²) in [6.07, 6.45) is -2.81. The minimum atomic E-state index is -2.81. The lowest BCUT2D eigenvalue weighted by Gasteiger charge is -2.11. The van der Waals surface area contributed by atoms with Crippen LogP contribution in [-0.4, -0.2) is 24.7 Å². The van der Waals surface area contributed by atoms with E-state index < -0.39 is 18.0 Å². The molecule has 0 aromatic carbocycles. The number of alkyl halides is 2. The molecule has 0 N–H and O–H groups in total. The zero-order valence-corrected chi connectivity index (χ0v) is 9.79. The van der Waals surface area contributed by atoms with Crippen LogP contribution in [0.1, 0.15) is 35.1 Å². The number of aromatic nitrogens is 1. The van der Waals surface area contributed by atoms with Crippen molar-refractivity contribution in [2.45, 2.75) is 20.3 Å². The van der Waals surface area contributed by atoms with E-state index in [2.05, 4.69) is 9.72 Å². The minimum Gasteiger partial charge on any atom is -0.495 e. The highest BCUT2D eigenvalue weighted by atomic mass is 19.3. The Morgan fingerprint density at radius 2 is 2.18 bits per heavy atom. The summed E-state index contributed by atoms with van der Waals surface area (Å²) in [4.78, 5) is 15.3. The van der Waals surface area contributed by atoms with Crippen molar-refractivity contribution in [3.63, 3.8) is 0 Å². The molecule has 94 valence electrons. The van der Waals surface area contributed by atoms with Crippen LogP contribution in [0.5, 0.6) is 5.75 Å². The zero-order chi connectivity index (χ0) is 13.0. The third-order valence-electron chi connectivity index (χ3n) is 2.12. The smallest absolute Gasteiger partial charge is 0.357 e. The maximum Gasteiger partial charge on any atom is 0.357 e. The normalized spacial score (nSPS) is 10.5. The van der Waals surface area contributed by atoms with Gasteiger partial charge in [-0.25, -0.2) is 18.6 Å². The third-order valence-corrected chi connectivity index (χ3v) is 2.12. The molecule has 1 aromatic heterocycles. The van der Waals surface area contributed by atoms with Crippen LogP contribution in [0, 0.1) is 6.92 Å². The lowest BCUT2D eigenvalue weighted by molar-refractivity contribution is 0.0507. The number of carbonyl (C=O) groups excluding carboxylic acids is 1. The van der Waals surface area contributed by atoms with Crippen molar-refractivity contribution < 1.29 is 23.0 Å². The number of pyridine rings is 1. The molecule has 6 heteroatoms. The monoisotopic (exact) mass is 245 g/mol. The number of halogens is 2. The van der Waals surface area contributed by atoms with E-state index in [1.165, 1.54) is 7.11 Å². The fourth-order valence-electron chi connectivity index (χ4n) is 1.34. The number of esters is 1. The number of ether oxygens (including phenoxy) is 2. The number of nitrogens with zero attached hydrogens (tertiary/aromatic N) is 1. The lowest BCUT2D eigenvalue weighted by Crippen LogP contribution is -2.12. The summed E-state index contributed by atoms with van der Waals surface area (Å²) in [5.74, 6) is -0.637. The molecule has 0 bridgehead atoms. The number of rotatable bonds is 4. The predicted octanol–water partition coefficient (Wildman–Crippen LogP) is 2.51. The number of hydrogen-bond acceptors (Lipinski definition) is 4. The fraction of sp³-hybridized carbons (Fsp3) is 0.455. The number of carbonyl (C=O) groups is 1. The van der Waals surface area contributed by atoms with Crippen LogP contribution in [0.25, 0.3) is 0 Å². The summed E-state index contributed by atoms with van der Waals surface area (Å²) in [5, 5.41) is 0. The molecule has 0 unspecified atom stereocenters. The summed E-state index contributed by atoms with van der Waals surface area (Å²) < 4.78 is 35.1. The highest BCUT2D eigenvalue weighted by molar-refractivity contribution is 5.89. The highest BCUT2D eigenvalue weighted by Gasteiger charge is 2.23. The van der Waals surface area contributed by atoms with Gasteiger partial charge in [-0.3, -0.25) is 0 Å². The second-order valence-corrected chi connectivity index (χ2v) is 3.24. The van der Waals surface area contributed by atoms with Gasteiger partial charge in [0.15, 0.2) is 5.69 Å². The van der Waals surface area contributed by atoms with Gasteiger partial charge < -0.3 is 9.47 Å². The molecule has 0 aliphatic heterocycles. The quantitative estimate of drug-likeness (QED) is 0.765. The molecule has 1 rings (SSSR count). The van der Waals surface area contributed by atoms with E-state index in [0.29, 0.717) is 5.69 Å². The summed E-state index contributed by atoms with van der Waals surface area (Å²) >= 11 is 0. The first-order valence-corrected chi connectivity index (χ1v) is 5.02. The molecule has 0 saturated carbocycles. The molecule has 0 spiro atoms. The average Bonchev–Trinajstić information content (AvgIpc) is 2.28. The molecule has 1 aromatic rings. The Morgan fingerprint density at radius 3 is 2.65 bits per heavy atom. The largest absolute Gasteiger partial charge is 0.495 e. The standard InChI is InChI=1S/C11H13F2NO3/c1-4-17-11(15)9-7(10(12)13)5-8(16-3)6(2)14-9/h5,10H,4H2,1-3H3. The van der Waals surface area contributed by atoms with Crippen LogP contribution >= 0.6 is 0 Å². The van der Waals surface area contributed by atoms with Gasteiger partial charge in [-0.05, 0) is 19.9 Å². The molecular weight excluding hydrogens is 232 g/mol. The number of hydrogen-bond donors (Lipinski definition) is 0. The van der Waals surface area contributed by atoms with E-state index in [0.717, 1.165) is 6.07 Å². The Morgan fingerprint density at radius 1 is 1.53 bits per heavy atom. The molecular formula is C11H13F2NO3. The van der Waals surface area contributed by atoms with Gasteiger partial charge in [-0.2, -0.15) is 0 Å². The Bertz CT molecular complexity index is 421. The van der Waals surface area contributed by atoms with Crippen molar-refractivity contribution in [2.75, 3.05) is 13.7 Å². The van der Waals surface area contributed by atoms with E-state index in [1.807, 2.05) is 0 Å². The number of methoxy groups -OCH3 is 1. The zero-order valence-electron chi connectivity index (χ0n) is 9.79. The molecule has 0 aliphatic carbocycles. The SMILES string of the molecule is CCOC(=O)c1nc(C)c(OC)cc1C(F)F. The lowest BCUT2D eigenvalue weighted by atomic mass is 10.1. The van der Waals surface area contributed by atoms with Crippen LogP contribution in [-0.2, 0) is 4.74 Å². The molecule has 1 heterocycles. The van der Waals surface area contributed by atoms with Gasteiger partial charge in [0.25, 0.3) is 6.43 Å². The highest BCUT2D eigenvalue weighted by Crippen LogP contribution is 2.28. The topological polar surface area (TPSA) is 48.4 Å². The van der Waals surface area contributed by atoms with E-state index >= 15 is 0 Å². The fourth-order valence-corrected chi connectivity index (χ4v) is 1.34. The summed E-state index contributed by atoms with van der Waals surface area (Å²) in [6, 6.07) is 1.11. The molecule has 0 saturated heterocycles. The molecule has 0 amide bonds. The maximum absolute atomic E-state index is 12.8. The molecule has 4 nitrogen and oxygen atoms in total. The van der Waals surface area contributed by atoms with Gasteiger partial charge in [0.2, 0.25) is 0 Å². The second-order valence-electron chi connectivity index (χ2n) is 3.24. The summed E-state index contributed by atoms with van der Waals surface area (Å²) in [7, 11) is 1.35. The Kier molecular flexibility index (Phi) is 4.37. The molecule has 17 heavy (non-hydrogen) atoms. The van der Waals surface area contributed by atoms with Crippen LogP contribution in [0.4, 0.5) is 8.78 Å². The number of aryl methyl sites for hydroxylation is 1. The summed E-state index contributed by atoms with van der Waals surface area (Å²) in [6.45, 7) is 3.27. The first-order chi connectivity index (χ1) is 8.01. The van der Waals surface area contributed by atoms with Gasteiger partial charge in [0, 0.05) is 0 Å². The van der Waals surface area contributed by atoms with E-state index in [4.69, 9.17) is 4.74 Å². The van der Waals surface area contributed by atoms with Gasteiger partial charge >= 0.3 is 5.97 Å². The van der Waals surface area contributed by atoms with Crippen molar-refractivity contribution in [3.8, 4) is 5.75 Å². The summed E-state index contributed by atoms with van der Waals surface area (Å²) in [5.41, 5.74) is -0.481. The molecule has 0 fully saturated rings. The minimum absolute atomic E-state index is 0.105. The Labute approximate surface area is 97.6 Å². The van der Waals surface area contributed by atoms with Crippen LogP contribution < -0.4 is 4.74 Å². The van der Waals surface area contributed by atoms with Crippen LogP contribution in [0.2, 0.25) is 0 Å². The first kappa shape index (κ1) is 13.3. The van der Waals surface area contributed by atoms with Crippen molar-refractivity contribution in [2.24, 2.45) is 0 Å². The average molecular weight is 245 g/mol. The second kappa shape index (κ2) is 5.56. The van der Waals surface area contributed by atoms with Crippen molar-refractivity contribution in [1.82, 2.24) is 4.98 Å². The van der Waals surface area contributed by atoms with Crippen LogP contribution in [0.3, 0.4) is 0 Å².